The van der Waals surface area contributed by atoms with Gasteiger partial charge in [-0.25, -0.2) is 12.8 Å². The molecule has 0 aliphatic carbocycles. The highest BCUT2D eigenvalue weighted by atomic mass is 79.9. The van der Waals surface area contributed by atoms with E-state index < -0.39 is 9.84 Å². The number of hydrogen-bond acceptors (Lipinski definition) is 3. The Morgan fingerprint density at radius 2 is 2.19 bits per heavy atom. The summed E-state index contributed by atoms with van der Waals surface area (Å²) in [6.07, 6.45) is 0. The first-order valence-electron chi connectivity index (χ1n) is 4.87. The molecule has 0 bridgehead atoms. The zero-order chi connectivity index (χ0) is 11.8. The molecule has 88 valence electrons. The molecule has 1 aromatic rings. The van der Waals surface area contributed by atoms with Crippen LogP contribution in [0.3, 0.4) is 0 Å². The van der Waals surface area contributed by atoms with Crippen LogP contribution in [0.2, 0.25) is 0 Å². The first-order chi connectivity index (χ1) is 7.48. The lowest BCUT2D eigenvalue weighted by Gasteiger charge is -2.24. The number of rotatable bonds is 1. The summed E-state index contributed by atoms with van der Waals surface area (Å²) in [5.74, 6) is -0.0980. The van der Waals surface area contributed by atoms with Crippen molar-refractivity contribution in [3.05, 3.63) is 34.1 Å². The molecule has 1 fully saturated rings. The second-order valence-corrected chi connectivity index (χ2v) is 6.88. The third-order valence-corrected chi connectivity index (χ3v) is 4.85. The second kappa shape index (κ2) is 4.43. The van der Waals surface area contributed by atoms with Crippen molar-refractivity contribution in [2.24, 2.45) is 0 Å². The summed E-state index contributed by atoms with van der Waals surface area (Å²) in [4.78, 5) is 0. The SMILES string of the molecule is O=S1(=O)CCNC(c2ccc(F)c(Br)c2)C1. The van der Waals surface area contributed by atoms with Gasteiger partial charge in [0, 0.05) is 12.6 Å². The molecule has 0 aromatic heterocycles. The lowest BCUT2D eigenvalue weighted by molar-refractivity contribution is 0.529. The number of nitrogens with one attached hydrogen (secondary N) is 1. The van der Waals surface area contributed by atoms with Gasteiger partial charge in [-0.05, 0) is 33.6 Å². The van der Waals surface area contributed by atoms with Gasteiger partial charge in [0.05, 0.1) is 16.0 Å². The van der Waals surface area contributed by atoms with Gasteiger partial charge in [-0.3, -0.25) is 0 Å². The molecule has 16 heavy (non-hydrogen) atoms. The van der Waals surface area contributed by atoms with Gasteiger partial charge >= 0.3 is 0 Å². The molecule has 6 heteroatoms. The number of hydrogen-bond donors (Lipinski definition) is 1. The Kier molecular flexibility index (Phi) is 3.32. The van der Waals surface area contributed by atoms with Gasteiger partial charge in [-0.2, -0.15) is 0 Å². The van der Waals surface area contributed by atoms with Crippen molar-refractivity contribution in [2.75, 3.05) is 18.1 Å². The molecule has 1 unspecified atom stereocenters. The van der Waals surface area contributed by atoms with Crippen LogP contribution in [0.1, 0.15) is 11.6 Å². The molecule has 0 saturated carbocycles. The van der Waals surface area contributed by atoms with Crippen molar-refractivity contribution in [3.8, 4) is 0 Å². The van der Waals surface area contributed by atoms with Gasteiger partial charge in [-0.15, -0.1) is 0 Å². The molecule has 1 aliphatic rings. The Labute approximate surface area is 102 Å². The van der Waals surface area contributed by atoms with E-state index in [1.807, 2.05) is 0 Å². The molecule has 1 aliphatic heterocycles. The molecular formula is C10H11BrFNO2S. The van der Waals surface area contributed by atoms with Crippen LogP contribution in [0.15, 0.2) is 22.7 Å². The summed E-state index contributed by atoms with van der Waals surface area (Å²) < 4.78 is 36.3. The fraction of sp³-hybridized carbons (Fsp3) is 0.400. The average molecular weight is 308 g/mol. The van der Waals surface area contributed by atoms with Crippen molar-refractivity contribution < 1.29 is 12.8 Å². The van der Waals surface area contributed by atoms with E-state index in [0.29, 0.717) is 11.0 Å². The largest absolute Gasteiger partial charge is 0.308 e. The maximum absolute atomic E-state index is 13.0. The van der Waals surface area contributed by atoms with Crippen LogP contribution in [0.5, 0.6) is 0 Å². The minimum absolute atomic E-state index is 0.0745. The molecule has 0 spiro atoms. The predicted molar refractivity (Wildman–Crippen MR) is 63.5 cm³/mol. The zero-order valence-corrected chi connectivity index (χ0v) is 10.8. The fourth-order valence-electron chi connectivity index (χ4n) is 1.73. The molecular weight excluding hydrogens is 297 g/mol. The first-order valence-corrected chi connectivity index (χ1v) is 7.48. The van der Waals surface area contributed by atoms with Crippen molar-refractivity contribution >= 4 is 25.8 Å². The molecule has 1 heterocycles. The van der Waals surface area contributed by atoms with Gasteiger partial charge in [-0.1, -0.05) is 6.07 Å². The summed E-state index contributed by atoms with van der Waals surface area (Å²) in [5.41, 5.74) is 0.788. The standard InChI is InChI=1S/C10H11BrFNO2S/c11-8-5-7(1-2-9(8)12)10-6-16(14,15)4-3-13-10/h1-2,5,10,13H,3-4,6H2. The highest BCUT2D eigenvalue weighted by Crippen LogP contribution is 2.23. The average Bonchev–Trinajstić information content (AvgIpc) is 2.20. The quantitative estimate of drug-likeness (QED) is 0.858. The molecule has 1 aromatic carbocycles. The predicted octanol–water partition coefficient (Wildman–Crippen LogP) is 1.65. The summed E-state index contributed by atoms with van der Waals surface area (Å²) in [6.45, 7) is 0.446. The second-order valence-electron chi connectivity index (χ2n) is 3.79. The summed E-state index contributed by atoms with van der Waals surface area (Å²) >= 11 is 3.09. The summed E-state index contributed by atoms with van der Waals surface area (Å²) in [6, 6.07) is 4.32. The van der Waals surface area contributed by atoms with Gasteiger partial charge in [0.15, 0.2) is 9.84 Å². The normalized spacial score (nSPS) is 24.2. The van der Waals surface area contributed by atoms with E-state index in [-0.39, 0.29) is 23.4 Å². The molecule has 2 rings (SSSR count). The third kappa shape index (κ3) is 2.61. The van der Waals surface area contributed by atoms with Crippen LogP contribution in [-0.2, 0) is 9.84 Å². The van der Waals surface area contributed by atoms with Gasteiger partial charge in [0.1, 0.15) is 5.82 Å². The van der Waals surface area contributed by atoms with E-state index in [2.05, 4.69) is 21.2 Å². The minimum atomic E-state index is -2.97. The highest BCUT2D eigenvalue weighted by molar-refractivity contribution is 9.10. The van der Waals surface area contributed by atoms with Gasteiger partial charge in [0.25, 0.3) is 0 Å². The zero-order valence-electron chi connectivity index (χ0n) is 8.41. The lowest BCUT2D eigenvalue weighted by atomic mass is 10.1. The Balaban J connectivity index is 2.27. The summed E-state index contributed by atoms with van der Waals surface area (Å²) in [7, 11) is -2.97. The van der Waals surface area contributed by atoms with Crippen LogP contribution < -0.4 is 5.32 Å². The van der Waals surface area contributed by atoms with Gasteiger partial charge in [0.2, 0.25) is 0 Å². The Bertz CT molecular complexity index is 504. The Morgan fingerprint density at radius 1 is 1.44 bits per heavy atom. The highest BCUT2D eigenvalue weighted by Gasteiger charge is 2.25. The van der Waals surface area contributed by atoms with E-state index in [9.17, 15) is 12.8 Å². The Morgan fingerprint density at radius 3 is 2.81 bits per heavy atom. The van der Waals surface area contributed by atoms with Crippen molar-refractivity contribution in [2.45, 2.75) is 6.04 Å². The Hall–Kier alpha value is -0.460. The fourth-order valence-corrected chi connectivity index (χ4v) is 3.54. The molecule has 0 amide bonds. The molecule has 3 nitrogen and oxygen atoms in total. The topological polar surface area (TPSA) is 46.2 Å². The maximum Gasteiger partial charge on any atom is 0.153 e. The number of sulfone groups is 1. The third-order valence-electron chi connectivity index (χ3n) is 2.57. The van der Waals surface area contributed by atoms with Crippen molar-refractivity contribution in [3.63, 3.8) is 0 Å². The van der Waals surface area contributed by atoms with Crippen molar-refractivity contribution in [1.29, 1.82) is 0 Å². The smallest absolute Gasteiger partial charge is 0.153 e. The summed E-state index contributed by atoms with van der Waals surface area (Å²) in [5, 5.41) is 3.12. The van der Waals surface area contributed by atoms with Gasteiger partial charge < -0.3 is 5.32 Å². The van der Waals surface area contributed by atoms with Crippen LogP contribution in [-0.4, -0.2) is 26.5 Å². The lowest BCUT2D eigenvalue weighted by Crippen LogP contribution is -2.39. The van der Waals surface area contributed by atoms with E-state index in [4.69, 9.17) is 0 Å². The molecule has 0 radical (unpaired) electrons. The first kappa shape index (κ1) is 12.0. The maximum atomic E-state index is 13.0. The molecule has 1 saturated heterocycles. The monoisotopic (exact) mass is 307 g/mol. The van der Waals surface area contributed by atoms with Crippen LogP contribution in [0, 0.1) is 5.82 Å². The van der Waals surface area contributed by atoms with E-state index >= 15 is 0 Å². The van der Waals surface area contributed by atoms with E-state index in [1.54, 1.807) is 12.1 Å². The van der Waals surface area contributed by atoms with E-state index in [0.717, 1.165) is 5.56 Å². The van der Waals surface area contributed by atoms with Crippen LogP contribution in [0.4, 0.5) is 4.39 Å². The minimum Gasteiger partial charge on any atom is -0.308 e. The molecule has 1 atom stereocenters. The number of benzene rings is 1. The number of halogens is 2. The van der Waals surface area contributed by atoms with E-state index in [1.165, 1.54) is 6.07 Å². The van der Waals surface area contributed by atoms with Crippen LogP contribution >= 0.6 is 15.9 Å². The molecule has 1 N–H and O–H groups in total. The van der Waals surface area contributed by atoms with Crippen molar-refractivity contribution in [1.82, 2.24) is 5.32 Å². The van der Waals surface area contributed by atoms with Crippen LogP contribution in [0.25, 0.3) is 0 Å².